The van der Waals surface area contributed by atoms with Crippen LogP contribution in [0.3, 0.4) is 0 Å². The highest BCUT2D eigenvalue weighted by Gasteiger charge is 2.23. The van der Waals surface area contributed by atoms with E-state index in [0.717, 1.165) is 31.1 Å². The normalized spacial score (nSPS) is 18.4. The van der Waals surface area contributed by atoms with Gasteiger partial charge in [-0.3, -0.25) is 9.30 Å². The lowest BCUT2D eigenvalue weighted by molar-refractivity contribution is 0.206. The van der Waals surface area contributed by atoms with Crippen LogP contribution in [-0.4, -0.2) is 45.4 Å². The summed E-state index contributed by atoms with van der Waals surface area (Å²) in [7, 11) is 2.20. The third-order valence-corrected chi connectivity index (χ3v) is 4.84. The molecular weight excluding hydrogens is 298 g/mol. The number of hydrogen-bond donors (Lipinski definition) is 0. The fourth-order valence-corrected chi connectivity index (χ4v) is 3.53. The molecule has 4 rings (SSSR count). The average molecular weight is 321 g/mol. The zero-order chi connectivity index (χ0) is 16.4. The SMILES string of the molecule is CN(Cc1cn2cccnc2n1)[C@H]1CCCN(c2ccccc2)C1. The Bertz CT molecular complexity index is 765. The first-order valence-corrected chi connectivity index (χ1v) is 8.58. The van der Waals surface area contributed by atoms with Crippen molar-refractivity contribution in [2.75, 3.05) is 25.0 Å². The maximum Gasteiger partial charge on any atom is 0.233 e. The average Bonchev–Trinajstić information content (AvgIpc) is 3.05. The number of fused-ring (bicyclic) bond motifs is 1. The molecule has 1 atom stereocenters. The van der Waals surface area contributed by atoms with Crippen molar-refractivity contribution in [2.24, 2.45) is 0 Å². The molecule has 1 aromatic carbocycles. The van der Waals surface area contributed by atoms with Crippen LogP contribution >= 0.6 is 0 Å². The second-order valence-corrected chi connectivity index (χ2v) is 6.55. The number of benzene rings is 1. The molecule has 1 fully saturated rings. The fourth-order valence-electron chi connectivity index (χ4n) is 3.53. The number of anilines is 1. The van der Waals surface area contributed by atoms with Gasteiger partial charge in [-0.2, -0.15) is 0 Å². The van der Waals surface area contributed by atoms with E-state index in [1.165, 1.54) is 18.5 Å². The molecule has 3 aromatic rings. The highest BCUT2D eigenvalue weighted by Crippen LogP contribution is 2.22. The van der Waals surface area contributed by atoms with Crippen LogP contribution in [0.4, 0.5) is 5.69 Å². The van der Waals surface area contributed by atoms with Crippen molar-refractivity contribution in [1.29, 1.82) is 0 Å². The van der Waals surface area contributed by atoms with Gasteiger partial charge in [0.2, 0.25) is 5.78 Å². The standard InChI is InChI=1S/C19H23N5/c1-22(13-16-14-24-12-6-10-20-19(24)21-16)18-9-5-11-23(15-18)17-7-3-2-4-8-17/h2-4,6-8,10,12,14,18H,5,9,11,13,15H2,1H3/t18-/m0/s1. The predicted molar refractivity (Wildman–Crippen MR) is 96.1 cm³/mol. The predicted octanol–water partition coefficient (Wildman–Crippen LogP) is 2.83. The summed E-state index contributed by atoms with van der Waals surface area (Å²) >= 11 is 0. The van der Waals surface area contributed by atoms with Gasteiger partial charge in [0.15, 0.2) is 0 Å². The summed E-state index contributed by atoms with van der Waals surface area (Å²) in [5.41, 5.74) is 2.40. The van der Waals surface area contributed by atoms with E-state index in [2.05, 4.69) is 63.3 Å². The van der Waals surface area contributed by atoms with Gasteiger partial charge < -0.3 is 4.90 Å². The summed E-state index contributed by atoms with van der Waals surface area (Å²) in [5, 5.41) is 0. The van der Waals surface area contributed by atoms with E-state index >= 15 is 0 Å². The molecule has 5 heteroatoms. The number of piperidine rings is 1. The van der Waals surface area contributed by atoms with E-state index in [1.807, 2.05) is 16.7 Å². The van der Waals surface area contributed by atoms with E-state index < -0.39 is 0 Å². The second kappa shape index (κ2) is 6.61. The summed E-state index contributed by atoms with van der Waals surface area (Å²) in [6, 6.07) is 13.2. The van der Waals surface area contributed by atoms with Crippen LogP contribution in [-0.2, 0) is 6.54 Å². The smallest absolute Gasteiger partial charge is 0.233 e. The molecule has 5 nitrogen and oxygen atoms in total. The monoisotopic (exact) mass is 321 g/mol. The third-order valence-electron chi connectivity index (χ3n) is 4.84. The van der Waals surface area contributed by atoms with E-state index in [0.29, 0.717) is 6.04 Å². The molecule has 24 heavy (non-hydrogen) atoms. The summed E-state index contributed by atoms with van der Waals surface area (Å²) < 4.78 is 1.99. The zero-order valence-corrected chi connectivity index (χ0v) is 14.0. The Morgan fingerprint density at radius 3 is 2.92 bits per heavy atom. The van der Waals surface area contributed by atoms with Crippen molar-refractivity contribution in [2.45, 2.75) is 25.4 Å². The van der Waals surface area contributed by atoms with Gasteiger partial charge in [0, 0.05) is 50.0 Å². The Morgan fingerprint density at radius 1 is 1.21 bits per heavy atom. The van der Waals surface area contributed by atoms with E-state index in [-0.39, 0.29) is 0 Å². The van der Waals surface area contributed by atoms with Crippen LogP contribution < -0.4 is 4.90 Å². The Hall–Kier alpha value is -2.40. The van der Waals surface area contributed by atoms with Crippen molar-refractivity contribution >= 4 is 11.5 Å². The van der Waals surface area contributed by atoms with Gasteiger partial charge in [0.05, 0.1) is 5.69 Å². The number of aromatic nitrogens is 3. The van der Waals surface area contributed by atoms with Crippen LogP contribution in [0, 0.1) is 0 Å². The Balaban J connectivity index is 1.44. The molecule has 2 aromatic heterocycles. The molecule has 1 aliphatic heterocycles. The molecule has 0 spiro atoms. The molecule has 0 aliphatic carbocycles. The first-order chi connectivity index (χ1) is 11.8. The Morgan fingerprint density at radius 2 is 2.08 bits per heavy atom. The van der Waals surface area contributed by atoms with Crippen LogP contribution in [0.25, 0.3) is 5.78 Å². The molecule has 0 amide bonds. The lowest BCUT2D eigenvalue weighted by atomic mass is 10.0. The summed E-state index contributed by atoms with van der Waals surface area (Å²) in [6.07, 6.45) is 8.34. The number of hydrogen-bond acceptors (Lipinski definition) is 4. The highest BCUT2D eigenvalue weighted by atomic mass is 15.2. The minimum atomic E-state index is 0.553. The number of likely N-dealkylation sites (N-methyl/N-ethyl adjacent to an activating group) is 1. The number of imidazole rings is 1. The number of nitrogens with zero attached hydrogens (tertiary/aromatic N) is 5. The largest absolute Gasteiger partial charge is 0.370 e. The van der Waals surface area contributed by atoms with Gasteiger partial charge in [-0.05, 0) is 38.1 Å². The highest BCUT2D eigenvalue weighted by molar-refractivity contribution is 5.46. The lowest BCUT2D eigenvalue weighted by Crippen LogP contribution is -2.46. The van der Waals surface area contributed by atoms with Gasteiger partial charge in [-0.25, -0.2) is 9.97 Å². The lowest BCUT2D eigenvalue weighted by Gasteiger charge is -2.38. The van der Waals surface area contributed by atoms with Crippen molar-refractivity contribution in [1.82, 2.24) is 19.3 Å². The van der Waals surface area contributed by atoms with Crippen molar-refractivity contribution in [3.05, 3.63) is 60.7 Å². The molecule has 0 bridgehead atoms. The molecule has 0 unspecified atom stereocenters. The third kappa shape index (κ3) is 3.12. The molecule has 3 heterocycles. The number of rotatable bonds is 4. The molecule has 1 aliphatic rings. The quantitative estimate of drug-likeness (QED) is 0.740. The van der Waals surface area contributed by atoms with Gasteiger partial charge >= 0.3 is 0 Å². The second-order valence-electron chi connectivity index (χ2n) is 6.55. The van der Waals surface area contributed by atoms with Gasteiger partial charge in [-0.1, -0.05) is 18.2 Å². The molecule has 0 radical (unpaired) electrons. The van der Waals surface area contributed by atoms with Crippen molar-refractivity contribution in [3.63, 3.8) is 0 Å². The minimum absolute atomic E-state index is 0.553. The van der Waals surface area contributed by atoms with Gasteiger partial charge in [0.25, 0.3) is 0 Å². The van der Waals surface area contributed by atoms with Crippen LogP contribution in [0.2, 0.25) is 0 Å². The van der Waals surface area contributed by atoms with E-state index in [4.69, 9.17) is 0 Å². The minimum Gasteiger partial charge on any atom is -0.370 e. The van der Waals surface area contributed by atoms with Crippen molar-refractivity contribution in [3.8, 4) is 0 Å². The molecule has 0 N–H and O–H groups in total. The zero-order valence-electron chi connectivity index (χ0n) is 14.0. The van der Waals surface area contributed by atoms with E-state index in [9.17, 15) is 0 Å². The fraction of sp³-hybridized carbons (Fsp3) is 0.368. The Kier molecular flexibility index (Phi) is 4.17. The first kappa shape index (κ1) is 15.1. The molecular formula is C19H23N5. The molecule has 124 valence electrons. The van der Waals surface area contributed by atoms with Crippen LogP contribution in [0.5, 0.6) is 0 Å². The topological polar surface area (TPSA) is 36.7 Å². The maximum atomic E-state index is 4.62. The first-order valence-electron chi connectivity index (χ1n) is 8.58. The molecule has 0 saturated carbocycles. The van der Waals surface area contributed by atoms with Crippen molar-refractivity contribution < 1.29 is 0 Å². The summed E-state index contributed by atoms with van der Waals surface area (Å²) in [5.74, 6) is 0.774. The number of para-hydroxylation sites is 1. The maximum absolute atomic E-state index is 4.62. The summed E-state index contributed by atoms with van der Waals surface area (Å²) in [4.78, 5) is 13.8. The van der Waals surface area contributed by atoms with Gasteiger partial charge in [-0.15, -0.1) is 0 Å². The van der Waals surface area contributed by atoms with Crippen LogP contribution in [0.15, 0.2) is 55.0 Å². The summed E-state index contributed by atoms with van der Waals surface area (Å²) in [6.45, 7) is 3.08. The Labute approximate surface area is 142 Å². The van der Waals surface area contributed by atoms with Crippen LogP contribution in [0.1, 0.15) is 18.5 Å². The van der Waals surface area contributed by atoms with Gasteiger partial charge in [0.1, 0.15) is 0 Å². The van der Waals surface area contributed by atoms with E-state index in [1.54, 1.807) is 6.20 Å². The molecule has 1 saturated heterocycles.